The summed E-state index contributed by atoms with van der Waals surface area (Å²) in [5, 5.41) is 28.8. The molecule has 1 rings (SSSR count). The van der Waals surface area contributed by atoms with Crippen molar-refractivity contribution >= 4 is 29.5 Å². The molecule has 1 aromatic rings. The summed E-state index contributed by atoms with van der Waals surface area (Å²) in [4.78, 5) is 65.2. The lowest BCUT2D eigenvalue weighted by atomic mass is 9.97. The average Bonchev–Trinajstić information content (AvgIpc) is 3.00. The number of nitrogens with one attached hydrogen (secondary N) is 6. The Balaban J connectivity index is 2.97. The first-order valence-corrected chi connectivity index (χ1v) is 16.6. The third-order valence-corrected chi connectivity index (χ3v) is 7.82. The fraction of sp³-hybridized carbons (Fsp3) is 0.697. The van der Waals surface area contributed by atoms with Gasteiger partial charge in [0.15, 0.2) is 12.4 Å². The van der Waals surface area contributed by atoms with Crippen molar-refractivity contribution in [1.82, 2.24) is 31.9 Å². The minimum Gasteiger partial charge on any atom is -0.619 e. The molecule has 0 saturated heterocycles. The first-order valence-electron chi connectivity index (χ1n) is 16.6. The van der Waals surface area contributed by atoms with Crippen LogP contribution in [0.4, 0.5) is 0 Å². The number of rotatable bonds is 20. The van der Waals surface area contributed by atoms with E-state index in [4.69, 9.17) is 0 Å². The molecule has 1 aromatic heterocycles. The number of amides is 5. The van der Waals surface area contributed by atoms with E-state index >= 15 is 0 Å². The van der Waals surface area contributed by atoms with Crippen molar-refractivity contribution in [1.29, 1.82) is 0 Å². The van der Waals surface area contributed by atoms with E-state index in [2.05, 4.69) is 31.9 Å². The van der Waals surface area contributed by atoms with Crippen LogP contribution in [0, 0.1) is 23.0 Å². The normalized spacial score (nSPS) is 15.2. The Kier molecular flexibility index (Phi) is 17.9. The van der Waals surface area contributed by atoms with Gasteiger partial charge in [0.05, 0.1) is 11.6 Å². The fourth-order valence-electron chi connectivity index (χ4n) is 4.88. The van der Waals surface area contributed by atoms with Gasteiger partial charge in [0, 0.05) is 31.3 Å². The molecule has 0 saturated carbocycles. The Hall–Kier alpha value is -3.74. The summed E-state index contributed by atoms with van der Waals surface area (Å²) < 4.78 is 0.567. The minimum absolute atomic E-state index is 0.0981. The van der Waals surface area contributed by atoms with Gasteiger partial charge >= 0.3 is 0 Å². The van der Waals surface area contributed by atoms with Crippen LogP contribution in [0.1, 0.15) is 98.4 Å². The predicted molar refractivity (Wildman–Crippen MR) is 177 cm³/mol. The van der Waals surface area contributed by atoms with Gasteiger partial charge in [-0.2, -0.15) is 4.73 Å². The molecule has 0 aliphatic rings. The number of hydrogen-bond acceptors (Lipinski definition) is 7. The number of carbonyl (C=O) groups is 5. The van der Waals surface area contributed by atoms with Crippen LogP contribution in [0.25, 0.3) is 0 Å². The molecule has 1 unspecified atom stereocenters. The third kappa shape index (κ3) is 13.7. The van der Waals surface area contributed by atoms with E-state index in [9.17, 15) is 29.2 Å². The molecule has 1 heterocycles. The molecule has 6 atom stereocenters. The van der Waals surface area contributed by atoms with E-state index in [0.29, 0.717) is 43.5 Å². The van der Waals surface area contributed by atoms with E-state index in [-0.39, 0.29) is 47.1 Å². The summed E-state index contributed by atoms with van der Waals surface area (Å²) >= 11 is 0. The van der Waals surface area contributed by atoms with E-state index in [1.807, 2.05) is 55.4 Å². The average molecular weight is 648 g/mol. The highest BCUT2D eigenvalue weighted by Gasteiger charge is 2.31. The zero-order chi connectivity index (χ0) is 35.0. The van der Waals surface area contributed by atoms with Gasteiger partial charge in [0.25, 0.3) is 5.91 Å². The largest absolute Gasteiger partial charge is 0.619 e. The van der Waals surface area contributed by atoms with E-state index < -0.39 is 36.0 Å². The number of hydrogen-bond donors (Lipinski definition) is 6. The number of carbonyl (C=O) groups excluding carboxylic acids is 5. The standard InChI is InChI=1S/C33H57N7O6/c1-10-13-26(37-33(45)28(22(8)11-2)39-30(42)24-14-16-40(46)17-15-24)31(43)36-25(18-20(4)5)19-35-23(9)29(41)38-27(21(6)7)32(44)34-12-3/h14-17,20-23,25-28,35H,10-13,18-19H2,1-9H3,(H,34,44)(H,36,43)(H,37,45)(H,38,41)(H,39,42)/t22-,23-,25-,26+,27-,28?/m0/s1. The van der Waals surface area contributed by atoms with Crippen LogP contribution in [-0.4, -0.2) is 72.8 Å². The second-order valence-corrected chi connectivity index (χ2v) is 12.7. The van der Waals surface area contributed by atoms with Crippen LogP contribution in [0.2, 0.25) is 0 Å². The van der Waals surface area contributed by atoms with Crippen molar-refractivity contribution in [3.05, 3.63) is 35.3 Å². The van der Waals surface area contributed by atoms with Crippen LogP contribution in [0.5, 0.6) is 0 Å². The van der Waals surface area contributed by atoms with Gasteiger partial charge in [-0.15, -0.1) is 0 Å². The number of aromatic nitrogens is 1. The lowest BCUT2D eigenvalue weighted by Gasteiger charge is -2.29. The van der Waals surface area contributed by atoms with Gasteiger partial charge in [0.2, 0.25) is 23.6 Å². The Morgan fingerprint density at radius 2 is 1.41 bits per heavy atom. The molecule has 0 aromatic carbocycles. The fourth-order valence-corrected chi connectivity index (χ4v) is 4.88. The van der Waals surface area contributed by atoms with Crippen LogP contribution >= 0.6 is 0 Å². The summed E-state index contributed by atoms with van der Waals surface area (Å²) in [6.45, 7) is 17.7. The smallest absolute Gasteiger partial charge is 0.252 e. The second-order valence-electron chi connectivity index (χ2n) is 12.7. The molecule has 0 bridgehead atoms. The molecule has 6 N–H and O–H groups in total. The zero-order valence-corrected chi connectivity index (χ0v) is 29.1. The summed E-state index contributed by atoms with van der Waals surface area (Å²) in [6, 6.07) is -0.613. The molecule has 0 fully saturated rings. The first-order chi connectivity index (χ1) is 21.6. The maximum Gasteiger partial charge on any atom is 0.252 e. The quantitative estimate of drug-likeness (QED) is 0.0916. The van der Waals surface area contributed by atoms with Crippen molar-refractivity contribution < 1.29 is 28.7 Å². The topological polar surface area (TPSA) is 184 Å². The van der Waals surface area contributed by atoms with Gasteiger partial charge in [-0.05, 0) is 44.4 Å². The highest BCUT2D eigenvalue weighted by Crippen LogP contribution is 2.12. The summed E-state index contributed by atoms with van der Waals surface area (Å²) in [7, 11) is 0. The Morgan fingerprint density at radius 3 is 1.93 bits per heavy atom. The molecule has 13 heteroatoms. The third-order valence-electron chi connectivity index (χ3n) is 7.82. The van der Waals surface area contributed by atoms with Crippen LogP contribution < -0.4 is 36.6 Å². The lowest BCUT2D eigenvalue weighted by Crippen LogP contribution is -2.58. The summed E-state index contributed by atoms with van der Waals surface area (Å²) in [5.41, 5.74) is 0.243. The highest BCUT2D eigenvalue weighted by atomic mass is 16.5. The van der Waals surface area contributed by atoms with Gasteiger partial charge in [-0.25, -0.2) is 0 Å². The van der Waals surface area contributed by atoms with E-state index in [1.165, 1.54) is 24.5 Å². The monoisotopic (exact) mass is 647 g/mol. The second kappa shape index (κ2) is 20.4. The lowest BCUT2D eigenvalue weighted by molar-refractivity contribution is -0.605. The van der Waals surface area contributed by atoms with Gasteiger partial charge in [0.1, 0.15) is 18.1 Å². The van der Waals surface area contributed by atoms with E-state index in [0.717, 1.165) is 0 Å². The number of pyridine rings is 1. The molecule has 5 amide bonds. The molecular weight excluding hydrogens is 590 g/mol. The molecule has 13 nitrogen and oxygen atoms in total. The number of nitrogens with zero attached hydrogens (tertiary/aromatic N) is 1. The molecule has 260 valence electrons. The van der Waals surface area contributed by atoms with Crippen LogP contribution in [0.15, 0.2) is 24.5 Å². The molecular formula is C33H57N7O6. The minimum atomic E-state index is -0.897. The maximum absolute atomic E-state index is 13.5. The Morgan fingerprint density at radius 1 is 0.783 bits per heavy atom. The summed E-state index contributed by atoms with van der Waals surface area (Å²) in [5.74, 6) is -1.97. The SMILES string of the molecule is CCC[C@@H](NC(=O)C(NC(=O)c1cc[n+]([O-])cc1)[C@@H](C)CC)C(=O)N[C@H](CN[C@@H](C)C(=O)N[C@H](C(=O)NCC)C(C)C)CC(C)C. The van der Waals surface area contributed by atoms with Crippen LogP contribution in [0.3, 0.4) is 0 Å². The summed E-state index contributed by atoms with van der Waals surface area (Å²) in [6.07, 6.45) is 4.66. The van der Waals surface area contributed by atoms with Gasteiger partial charge in [-0.1, -0.05) is 61.3 Å². The van der Waals surface area contributed by atoms with Crippen LogP contribution in [-0.2, 0) is 19.2 Å². The van der Waals surface area contributed by atoms with E-state index in [1.54, 1.807) is 6.92 Å². The highest BCUT2D eigenvalue weighted by molar-refractivity contribution is 5.98. The number of likely N-dealkylation sites (N-methyl/N-ethyl adjacent to an activating group) is 1. The Labute approximate surface area is 274 Å². The molecule has 46 heavy (non-hydrogen) atoms. The maximum atomic E-state index is 13.5. The molecule has 0 aliphatic heterocycles. The van der Waals surface area contributed by atoms with Crippen molar-refractivity contribution in [2.75, 3.05) is 13.1 Å². The first kappa shape index (κ1) is 40.3. The van der Waals surface area contributed by atoms with Crippen molar-refractivity contribution in [3.8, 4) is 0 Å². The van der Waals surface area contributed by atoms with Crippen molar-refractivity contribution in [3.63, 3.8) is 0 Å². The van der Waals surface area contributed by atoms with Gasteiger partial charge in [-0.3, -0.25) is 24.0 Å². The molecule has 0 spiro atoms. The van der Waals surface area contributed by atoms with Gasteiger partial charge < -0.3 is 37.1 Å². The predicted octanol–water partition coefficient (Wildman–Crippen LogP) is 1.54. The van der Waals surface area contributed by atoms with Crippen molar-refractivity contribution in [2.24, 2.45) is 17.8 Å². The van der Waals surface area contributed by atoms with Crippen molar-refractivity contribution in [2.45, 2.75) is 118 Å². The zero-order valence-electron chi connectivity index (χ0n) is 29.1. The Bertz CT molecular complexity index is 1130. The molecule has 0 aliphatic carbocycles. The molecule has 0 radical (unpaired) electrons.